The van der Waals surface area contributed by atoms with Crippen LogP contribution >= 0.6 is 7.60 Å². The summed E-state index contributed by atoms with van der Waals surface area (Å²) in [6.07, 6.45) is 11.5. The van der Waals surface area contributed by atoms with Crippen LogP contribution in [0.5, 0.6) is 0 Å². The lowest BCUT2D eigenvalue weighted by Gasteiger charge is -2.19. The summed E-state index contributed by atoms with van der Waals surface area (Å²) in [4.78, 5) is 0. The summed E-state index contributed by atoms with van der Waals surface area (Å²) in [5.74, 6) is 4.44. The van der Waals surface area contributed by atoms with Crippen LogP contribution in [0.25, 0.3) is 0 Å². The fourth-order valence-corrected chi connectivity index (χ4v) is 1.97. The van der Waals surface area contributed by atoms with E-state index in [0.29, 0.717) is 0 Å². The van der Waals surface area contributed by atoms with Crippen molar-refractivity contribution in [1.29, 1.82) is 0 Å². The molecule has 0 bridgehead atoms. The predicted octanol–water partition coefficient (Wildman–Crippen LogP) is 2.05. The van der Waals surface area contributed by atoms with Crippen LogP contribution in [-0.4, -0.2) is 18.9 Å². The topological polar surface area (TPSA) is 35.5 Å². The molecule has 0 aliphatic rings. The zero-order valence-corrected chi connectivity index (χ0v) is 9.00. The maximum atomic E-state index is 12.0. The monoisotopic (exact) mass is 212 g/mol. The van der Waals surface area contributed by atoms with Gasteiger partial charge in [0.25, 0.3) is 0 Å². The van der Waals surface area contributed by atoms with Crippen LogP contribution in [-0.2, 0) is 13.6 Å². The third-order valence-electron chi connectivity index (χ3n) is 1.50. The average molecular weight is 212 g/mol. The first-order chi connectivity index (χ1) is 6.60. The number of rotatable bonds is 6. The van der Waals surface area contributed by atoms with Gasteiger partial charge in [0.1, 0.15) is 13.2 Å². The zero-order valence-electron chi connectivity index (χ0n) is 8.10. The summed E-state index contributed by atoms with van der Waals surface area (Å²) in [6, 6.07) is 0. The smallest absolute Gasteiger partial charge is 0.295 e. The van der Waals surface area contributed by atoms with Crippen LogP contribution in [0.2, 0.25) is 0 Å². The van der Waals surface area contributed by atoms with Gasteiger partial charge in [-0.25, -0.2) is 0 Å². The Hall–Kier alpha value is -0.990. The van der Waals surface area contributed by atoms with Crippen LogP contribution < -0.4 is 0 Å². The summed E-state index contributed by atoms with van der Waals surface area (Å²) in [7, 11) is -3.25. The minimum absolute atomic E-state index is 0.0694. The van der Waals surface area contributed by atoms with Gasteiger partial charge in [0.2, 0.25) is 0 Å². The average Bonchev–Trinajstić information content (AvgIpc) is 2.22. The van der Waals surface area contributed by atoms with Gasteiger partial charge >= 0.3 is 7.60 Å². The second-order valence-corrected chi connectivity index (χ2v) is 4.88. The predicted molar refractivity (Wildman–Crippen MR) is 56.8 cm³/mol. The van der Waals surface area contributed by atoms with Gasteiger partial charge in [-0.2, -0.15) is 0 Å². The Bertz CT molecular complexity index is 286. The molecular formula is C10H13O3P. The molecule has 1 unspecified atom stereocenters. The molecule has 0 radical (unpaired) electrons. The molecule has 0 aliphatic heterocycles. The van der Waals surface area contributed by atoms with E-state index in [-0.39, 0.29) is 13.2 Å². The summed E-state index contributed by atoms with van der Waals surface area (Å²) < 4.78 is 21.9. The van der Waals surface area contributed by atoms with Gasteiger partial charge in [-0.1, -0.05) is 17.9 Å². The lowest BCUT2D eigenvalue weighted by molar-refractivity contribution is 0.238. The van der Waals surface area contributed by atoms with Crippen molar-refractivity contribution in [3.8, 4) is 24.7 Å². The Morgan fingerprint density at radius 1 is 1.43 bits per heavy atom. The molecule has 0 saturated carbocycles. The Morgan fingerprint density at radius 2 is 1.86 bits per heavy atom. The van der Waals surface area contributed by atoms with Crippen LogP contribution in [0.15, 0.2) is 12.7 Å². The summed E-state index contributed by atoms with van der Waals surface area (Å²) in [6.45, 7) is 5.04. The van der Waals surface area contributed by atoms with Crippen LogP contribution in [0, 0.1) is 24.7 Å². The molecule has 0 saturated heterocycles. The highest BCUT2D eigenvalue weighted by molar-refractivity contribution is 7.54. The summed E-state index contributed by atoms with van der Waals surface area (Å²) in [5.41, 5.74) is -0.427. The molecular weight excluding hydrogens is 199 g/mol. The van der Waals surface area contributed by atoms with E-state index in [1.807, 2.05) is 0 Å². The normalized spacial score (nSPS) is 12.5. The van der Waals surface area contributed by atoms with E-state index >= 15 is 0 Å². The van der Waals surface area contributed by atoms with Crippen LogP contribution in [0.3, 0.4) is 0 Å². The largest absolute Gasteiger partial charge is 0.339 e. The zero-order chi connectivity index (χ0) is 11.0. The van der Waals surface area contributed by atoms with Gasteiger partial charge in [-0.3, -0.25) is 13.6 Å². The molecule has 0 spiro atoms. The molecule has 0 fully saturated rings. The first-order valence-electron chi connectivity index (χ1n) is 3.99. The van der Waals surface area contributed by atoms with Gasteiger partial charge in [0, 0.05) is 0 Å². The van der Waals surface area contributed by atoms with E-state index in [2.05, 4.69) is 18.4 Å². The van der Waals surface area contributed by atoms with Gasteiger partial charge in [-0.15, -0.1) is 19.4 Å². The Balaban J connectivity index is 4.52. The van der Waals surface area contributed by atoms with Gasteiger partial charge in [-0.05, 0) is 6.92 Å². The SMILES string of the molecule is C#CCOP(=O)(OCC#C)C(C)C=C. The summed E-state index contributed by atoms with van der Waals surface area (Å²) in [5, 5.41) is 0. The first-order valence-corrected chi connectivity index (χ1v) is 5.60. The van der Waals surface area contributed by atoms with Gasteiger partial charge < -0.3 is 0 Å². The molecule has 1 atom stereocenters. The molecule has 4 heteroatoms. The van der Waals surface area contributed by atoms with Crippen LogP contribution in [0.1, 0.15) is 6.92 Å². The lowest BCUT2D eigenvalue weighted by atomic mass is 10.5. The Morgan fingerprint density at radius 3 is 2.14 bits per heavy atom. The highest BCUT2D eigenvalue weighted by Gasteiger charge is 2.29. The van der Waals surface area contributed by atoms with E-state index in [1.54, 1.807) is 6.92 Å². The molecule has 0 aromatic carbocycles. The minimum atomic E-state index is -3.25. The van der Waals surface area contributed by atoms with E-state index in [1.165, 1.54) is 6.08 Å². The lowest BCUT2D eigenvalue weighted by Crippen LogP contribution is -2.07. The number of hydrogen-bond donors (Lipinski definition) is 0. The Labute approximate surface area is 85.0 Å². The molecule has 0 N–H and O–H groups in total. The van der Waals surface area contributed by atoms with Crippen molar-refractivity contribution < 1.29 is 13.6 Å². The van der Waals surface area contributed by atoms with Gasteiger partial charge in [0.05, 0.1) is 5.66 Å². The van der Waals surface area contributed by atoms with Crippen molar-refractivity contribution in [3.63, 3.8) is 0 Å². The third kappa shape index (κ3) is 3.81. The van der Waals surface area contributed by atoms with E-state index < -0.39 is 13.3 Å². The maximum Gasteiger partial charge on any atom is 0.339 e. The number of allylic oxidation sites excluding steroid dienone is 1. The van der Waals surface area contributed by atoms with Crippen molar-refractivity contribution in [2.75, 3.05) is 13.2 Å². The van der Waals surface area contributed by atoms with Crippen molar-refractivity contribution >= 4 is 7.60 Å². The fraction of sp³-hybridized carbons (Fsp3) is 0.400. The molecule has 3 nitrogen and oxygen atoms in total. The molecule has 0 heterocycles. The highest BCUT2D eigenvalue weighted by Crippen LogP contribution is 2.53. The van der Waals surface area contributed by atoms with Gasteiger partial charge in [0.15, 0.2) is 0 Å². The van der Waals surface area contributed by atoms with Crippen molar-refractivity contribution in [2.45, 2.75) is 12.6 Å². The van der Waals surface area contributed by atoms with Crippen molar-refractivity contribution in [2.24, 2.45) is 0 Å². The number of terminal acetylenes is 2. The molecule has 0 aromatic rings. The highest BCUT2D eigenvalue weighted by atomic mass is 31.2. The Kier molecular flexibility index (Phi) is 6.00. The second kappa shape index (κ2) is 6.46. The first kappa shape index (κ1) is 13.0. The van der Waals surface area contributed by atoms with Crippen molar-refractivity contribution in [3.05, 3.63) is 12.7 Å². The van der Waals surface area contributed by atoms with Crippen LogP contribution in [0.4, 0.5) is 0 Å². The third-order valence-corrected chi connectivity index (χ3v) is 3.68. The molecule has 0 rings (SSSR count). The molecule has 0 amide bonds. The summed E-state index contributed by atoms with van der Waals surface area (Å²) >= 11 is 0. The quantitative estimate of drug-likeness (QED) is 0.384. The van der Waals surface area contributed by atoms with E-state index in [0.717, 1.165) is 0 Å². The van der Waals surface area contributed by atoms with E-state index in [9.17, 15) is 4.57 Å². The minimum Gasteiger partial charge on any atom is -0.295 e. The fourth-order valence-electron chi connectivity index (χ4n) is 0.656. The standard InChI is InChI=1S/C10H13O3P/c1-5-8-12-14(11,10(4)7-3)13-9-6-2/h1-2,7,10H,3,8-9H2,4H3. The molecule has 0 aliphatic carbocycles. The number of hydrogen-bond acceptors (Lipinski definition) is 3. The van der Waals surface area contributed by atoms with E-state index in [4.69, 9.17) is 21.9 Å². The molecule has 0 aromatic heterocycles. The molecule has 76 valence electrons. The molecule has 14 heavy (non-hydrogen) atoms. The maximum absolute atomic E-state index is 12.0. The van der Waals surface area contributed by atoms with Crippen molar-refractivity contribution in [1.82, 2.24) is 0 Å². The second-order valence-electron chi connectivity index (χ2n) is 2.47.